The maximum absolute atomic E-state index is 6.18. The van der Waals surface area contributed by atoms with Gasteiger partial charge in [-0.2, -0.15) is 0 Å². The molecule has 0 amide bonds. The van der Waals surface area contributed by atoms with E-state index in [1.54, 1.807) is 0 Å². The van der Waals surface area contributed by atoms with E-state index in [0.29, 0.717) is 6.04 Å². The number of hydrogen-bond donors (Lipinski definition) is 1. The van der Waals surface area contributed by atoms with Gasteiger partial charge in [-0.05, 0) is 51.4 Å². The third kappa shape index (κ3) is 3.23. The predicted molar refractivity (Wildman–Crippen MR) is 74.0 cm³/mol. The molecule has 0 radical (unpaired) electrons. The van der Waals surface area contributed by atoms with E-state index in [1.807, 2.05) is 0 Å². The van der Waals surface area contributed by atoms with Gasteiger partial charge in [0, 0.05) is 24.2 Å². The second kappa shape index (κ2) is 5.71. The van der Waals surface area contributed by atoms with Gasteiger partial charge in [-0.25, -0.2) is 0 Å². The third-order valence-corrected chi connectivity index (χ3v) is 4.74. The Kier molecular flexibility index (Phi) is 4.48. The SMILES string of the molecule is CC(C)CCC(C)N1C2CCCC1CC(N)C2. The van der Waals surface area contributed by atoms with Crippen LogP contribution in [0.3, 0.4) is 0 Å². The quantitative estimate of drug-likeness (QED) is 0.815. The summed E-state index contributed by atoms with van der Waals surface area (Å²) in [6.45, 7) is 7.10. The van der Waals surface area contributed by atoms with Crippen molar-refractivity contribution in [2.45, 2.75) is 89.9 Å². The summed E-state index contributed by atoms with van der Waals surface area (Å²) in [6.07, 6.45) is 9.40. The average molecular weight is 238 g/mol. The van der Waals surface area contributed by atoms with E-state index in [2.05, 4.69) is 25.7 Å². The highest BCUT2D eigenvalue weighted by Crippen LogP contribution is 2.35. The zero-order chi connectivity index (χ0) is 12.4. The standard InChI is InChI=1S/C15H30N2/c1-11(2)7-8-12(3)17-14-5-4-6-15(17)10-13(16)9-14/h11-15H,4-10,16H2,1-3H3. The number of rotatable bonds is 4. The number of piperidine rings is 2. The molecule has 100 valence electrons. The van der Waals surface area contributed by atoms with Gasteiger partial charge in [0.1, 0.15) is 0 Å². The van der Waals surface area contributed by atoms with Crippen molar-refractivity contribution in [1.82, 2.24) is 4.90 Å². The summed E-state index contributed by atoms with van der Waals surface area (Å²) in [5.41, 5.74) is 6.18. The van der Waals surface area contributed by atoms with Crippen molar-refractivity contribution in [2.75, 3.05) is 0 Å². The number of nitrogens with zero attached hydrogens (tertiary/aromatic N) is 1. The molecular weight excluding hydrogens is 208 g/mol. The molecule has 0 aromatic carbocycles. The van der Waals surface area contributed by atoms with Crippen LogP contribution >= 0.6 is 0 Å². The summed E-state index contributed by atoms with van der Waals surface area (Å²) >= 11 is 0. The highest BCUT2D eigenvalue weighted by Gasteiger charge is 2.38. The first kappa shape index (κ1) is 13.4. The Morgan fingerprint density at radius 1 is 1.06 bits per heavy atom. The lowest BCUT2D eigenvalue weighted by molar-refractivity contribution is -0.00354. The van der Waals surface area contributed by atoms with E-state index in [1.165, 1.54) is 44.9 Å². The molecule has 2 aliphatic heterocycles. The highest BCUT2D eigenvalue weighted by molar-refractivity contribution is 4.95. The van der Waals surface area contributed by atoms with Gasteiger partial charge in [0.15, 0.2) is 0 Å². The summed E-state index contributed by atoms with van der Waals surface area (Å²) in [7, 11) is 0. The number of nitrogens with two attached hydrogens (primary N) is 1. The lowest BCUT2D eigenvalue weighted by Crippen LogP contribution is -2.58. The zero-order valence-electron chi connectivity index (χ0n) is 11.9. The smallest absolute Gasteiger partial charge is 0.0116 e. The van der Waals surface area contributed by atoms with Crippen LogP contribution in [0.1, 0.15) is 65.7 Å². The summed E-state index contributed by atoms with van der Waals surface area (Å²) < 4.78 is 0. The normalized spacial score (nSPS) is 36.2. The van der Waals surface area contributed by atoms with Crippen LogP contribution in [0.4, 0.5) is 0 Å². The van der Waals surface area contributed by atoms with Crippen LogP contribution in [0.15, 0.2) is 0 Å². The fourth-order valence-electron chi connectivity index (χ4n) is 3.90. The lowest BCUT2D eigenvalue weighted by Gasteiger charge is -2.51. The minimum absolute atomic E-state index is 0.471. The van der Waals surface area contributed by atoms with Gasteiger partial charge in [-0.3, -0.25) is 4.90 Å². The summed E-state index contributed by atoms with van der Waals surface area (Å²) in [5, 5.41) is 0. The molecule has 0 aromatic rings. The fourth-order valence-corrected chi connectivity index (χ4v) is 3.90. The van der Waals surface area contributed by atoms with Crippen LogP contribution < -0.4 is 5.73 Å². The molecule has 2 nitrogen and oxygen atoms in total. The van der Waals surface area contributed by atoms with Gasteiger partial charge < -0.3 is 5.73 Å². The van der Waals surface area contributed by atoms with Crippen molar-refractivity contribution in [3.05, 3.63) is 0 Å². The second-order valence-electron chi connectivity index (χ2n) is 6.74. The van der Waals surface area contributed by atoms with E-state index in [9.17, 15) is 0 Å². The summed E-state index contributed by atoms with van der Waals surface area (Å²) in [4.78, 5) is 2.83. The molecule has 2 fully saturated rings. The molecule has 0 aromatic heterocycles. The largest absolute Gasteiger partial charge is 0.328 e. The van der Waals surface area contributed by atoms with E-state index in [0.717, 1.165) is 24.0 Å². The predicted octanol–water partition coefficient (Wildman–Crippen LogP) is 3.16. The molecule has 17 heavy (non-hydrogen) atoms. The Bertz CT molecular complexity index is 225. The summed E-state index contributed by atoms with van der Waals surface area (Å²) in [5.74, 6) is 0.837. The van der Waals surface area contributed by atoms with Gasteiger partial charge in [0.2, 0.25) is 0 Å². The van der Waals surface area contributed by atoms with E-state index >= 15 is 0 Å². The van der Waals surface area contributed by atoms with Gasteiger partial charge in [0.25, 0.3) is 0 Å². The van der Waals surface area contributed by atoms with Crippen molar-refractivity contribution in [3.63, 3.8) is 0 Å². The Morgan fingerprint density at radius 2 is 1.65 bits per heavy atom. The van der Waals surface area contributed by atoms with Crippen LogP contribution in [0, 0.1) is 5.92 Å². The maximum atomic E-state index is 6.18. The van der Waals surface area contributed by atoms with Crippen LogP contribution in [-0.2, 0) is 0 Å². The van der Waals surface area contributed by atoms with Crippen LogP contribution in [0.25, 0.3) is 0 Å². The Morgan fingerprint density at radius 3 is 2.18 bits per heavy atom. The molecule has 2 aliphatic rings. The van der Waals surface area contributed by atoms with E-state index < -0.39 is 0 Å². The molecule has 2 bridgehead atoms. The molecule has 2 heterocycles. The molecule has 2 N–H and O–H groups in total. The molecule has 2 heteroatoms. The zero-order valence-corrected chi connectivity index (χ0v) is 11.9. The van der Waals surface area contributed by atoms with E-state index in [-0.39, 0.29) is 0 Å². The highest BCUT2D eigenvalue weighted by atomic mass is 15.2. The van der Waals surface area contributed by atoms with Crippen LogP contribution in [0.5, 0.6) is 0 Å². The monoisotopic (exact) mass is 238 g/mol. The molecule has 3 unspecified atom stereocenters. The molecule has 0 spiro atoms. The van der Waals surface area contributed by atoms with Crippen molar-refractivity contribution in [2.24, 2.45) is 11.7 Å². The van der Waals surface area contributed by atoms with Crippen LogP contribution in [-0.4, -0.2) is 29.1 Å². The van der Waals surface area contributed by atoms with Crippen molar-refractivity contribution < 1.29 is 0 Å². The Hall–Kier alpha value is -0.0800. The van der Waals surface area contributed by atoms with Crippen molar-refractivity contribution in [1.29, 1.82) is 0 Å². The first-order valence-corrected chi connectivity index (χ1v) is 7.61. The van der Waals surface area contributed by atoms with Gasteiger partial charge in [-0.15, -0.1) is 0 Å². The van der Waals surface area contributed by atoms with Crippen molar-refractivity contribution >= 4 is 0 Å². The first-order chi connectivity index (χ1) is 8.08. The molecule has 0 aliphatic carbocycles. The minimum Gasteiger partial charge on any atom is -0.328 e. The van der Waals surface area contributed by atoms with E-state index in [4.69, 9.17) is 5.73 Å². The van der Waals surface area contributed by atoms with Gasteiger partial charge in [0.05, 0.1) is 0 Å². The molecule has 2 saturated heterocycles. The third-order valence-electron chi connectivity index (χ3n) is 4.74. The lowest BCUT2D eigenvalue weighted by atomic mass is 9.80. The molecule has 2 rings (SSSR count). The number of fused-ring (bicyclic) bond motifs is 2. The molecule has 3 atom stereocenters. The fraction of sp³-hybridized carbons (Fsp3) is 1.00. The topological polar surface area (TPSA) is 29.3 Å². The maximum Gasteiger partial charge on any atom is 0.0116 e. The van der Waals surface area contributed by atoms with Gasteiger partial charge >= 0.3 is 0 Å². The Balaban J connectivity index is 1.94. The Labute approximate surface area is 107 Å². The minimum atomic E-state index is 0.471. The molecular formula is C15H30N2. The second-order valence-corrected chi connectivity index (χ2v) is 6.74. The van der Waals surface area contributed by atoms with Gasteiger partial charge in [-0.1, -0.05) is 20.3 Å². The molecule has 0 saturated carbocycles. The first-order valence-electron chi connectivity index (χ1n) is 7.61. The van der Waals surface area contributed by atoms with Crippen molar-refractivity contribution in [3.8, 4) is 0 Å². The van der Waals surface area contributed by atoms with Crippen LogP contribution in [0.2, 0.25) is 0 Å². The average Bonchev–Trinajstić information content (AvgIpc) is 2.24. The number of hydrogen-bond acceptors (Lipinski definition) is 2. The summed E-state index contributed by atoms with van der Waals surface area (Å²) in [6, 6.07) is 2.82.